The lowest BCUT2D eigenvalue weighted by atomic mass is 10.1. The molecule has 0 spiro atoms. The van der Waals surface area contributed by atoms with Crippen molar-refractivity contribution in [3.8, 4) is 0 Å². The predicted molar refractivity (Wildman–Crippen MR) is 83.5 cm³/mol. The van der Waals surface area contributed by atoms with Crippen molar-refractivity contribution in [2.24, 2.45) is 0 Å². The van der Waals surface area contributed by atoms with Gasteiger partial charge in [-0.25, -0.2) is 15.0 Å². The molecular formula is C14H19N7O. The molecule has 3 N–H and O–H groups in total. The fourth-order valence-corrected chi connectivity index (χ4v) is 2.43. The van der Waals surface area contributed by atoms with Crippen LogP contribution in [0.1, 0.15) is 6.42 Å². The summed E-state index contributed by atoms with van der Waals surface area (Å²) in [5, 5.41) is 6.20. The third kappa shape index (κ3) is 3.22. The van der Waals surface area contributed by atoms with Crippen molar-refractivity contribution in [3.63, 3.8) is 0 Å². The molecule has 0 radical (unpaired) electrons. The number of nitrogens with one attached hydrogen (secondary N) is 3. The van der Waals surface area contributed by atoms with Crippen LogP contribution in [-0.2, 0) is 4.79 Å². The van der Waals surface area contributed by atoms with Gasteiger partial charge in [-0.3, -0.25) is 4.79 Å². The van der Waals surface area contributed by atoms with E-state index in [-0.39, 0.29) is 12.5 Å². The third-order valence-electron chi connectivity index (χ3n) is 3.62. The normalized spacial score (nSPS) is 14.7. The number of hydrogen-bond acceptors (Lipinski definition) is 6. The number of carbonyl (C=O) groups excluding carboxylic acids is 1. The molecule has 3 rings (SSSR count). The van der Waals surface area contributed by atoms with Gasteiger partial charge in [0.05, 0.1) is 12.9 Å². The molecule has 0 aliphatic carbocycles. The minimum absolute atomic E-state index is 0.0341. The molecule has 2 aromatic heterocycles. The summed E-state index contributed by atoms with van der Waals surface area (Å²) in [6.45, 7) is 2.69. The number of likely N-dealkylation sites (N-methyl/N-ethyl adjacent to an activating group) is 1. The van der Waals surface area contributed by atoms with Crippen molar-refractivity contribution < 1.29 is 4.79 Å². The van der Waals surface area contributed by atoms with Crippen LogP contribution >= 0.6 is 0 Å². The van der Waals surface area contributed by atoms with E-state index in [0.717, 1.165) is 25.0 Å². The Hall–Kier alpha value is -2.48. The van der Waals surface area contributed by atoms with Crippen LogP contribution in [0.25, 0.3) is 11.2 Å². The first-order chi connectivity index (χ1) is 10.7. The van der Waals surface area contributed by atoms with Crippen LogP contribution in [-0.4, -0.2) is 59.1 Å². The number of aromatic nitrogens is 4. The van der Waals surface area contributed by atoms with Crippen LogP contribution in [0.4, 0.5) is 5.82 Å². The number of carbonyl (C=O) groups is 1. The molecule has 116 valence electrons. The number of anilines is 1. The third-order valence-corrected chi connectivity index (χ3v) is 3.62. The van der Waals surface area contributed by atoms with Crippen LogP contribution in [0.15, 0.2) is 24.3 Å². The number of nitrogens with zero attached hydrogens (tertiary/aromatic N) is 4. The molecular weight excluding hydrogens is 282 g/mol. The van der Waals surface area contributed by atoms with Crippen molar-refractivity contribution in [3.05, 3.63) is 24.3 Å². The van der Waals surface area contributed by atoms with Gasteiger partial charge in [-0.15, -0.1) is 0 Å². The monoisotopic (exact) mass is 301 g/mol. The SMILES string of the molecule is CN(CC(=O)NCC1=CCNCC1)c1ncnc2nc[nH]c12. The average Bonchev–Trinajstić information content (AvgIpc) is 3.02. The molecule has 3 heterocycles. The first-order valence-electron chi connectivity index (χ1n) is 7.24. The van der Waals surface area contributed by atoms with Crippen molar-refractivity contribution in [2.75, 3.05) is 38.1 Å². The first kappa shape index (κ1) is 14.5. The summed E-state index contributed by atoms with van der Waals surface area (Å²) in [5.74, 6) is 0.631. The second kappa shape index (κ2) is 6.52. The summed E-state index contributed by atoms with van der Waals surface area (Å²) >= 11 is 0. The average molecular weight is 301 g/mol. The van der Waals surface area contributed by atoms with Crippen LogP contribution in [0.3, 0.4) is 0 Å². The zero-order valence-corrected chi connectivity index (χ0v) is 12.5. The van der Waals surface area contributed by atoms with Crippen molar-refractivity contribution >= 4 is 22.9 Å². The highest BCUT2D eigenvalue weighted by atomic mass is 16.2. The van der Waals surface area contributed by atoms with Gasteiger partial charge in [0.15, 0.2) is 11.5 Å². The van der Waals surface area contributed by atoms with Gasteiger partial charge in [0.25, 0.3) is 0 Å². The van der Waals surface area contributed by atoms with Gasteiger partial charge in [-0.1, -0.05) is 11.6 Å². The summed E-state index contributed by atoms with van der Waals surface area (Å²) in [4.78, 5) is 29.2. The molecule has 0 saturated heterocycles. The molecule has 1 aliphatic rings. The van der Waals surface area contributed by atoms with E-state index >= 15 is 0 Å². The summed E-state index contributed by atoms with van der Waals surface area (Å²) in [5.41, 5.74) is 2.60. The van der Waals surface area contributed by atoms with E-state index in [1.807, 2.05) is 7.05 Å². The number of amides is 1. The Morgan fingerprint density at radius 3 is 3.14 bits per heavy atom. The highest BCUT2D eigenvalue weighted by molar-refractivity contribution is 5.87. The van der Waals surface area contributed by atoms with E-state index in [2.05, 4.69) is 36.6 Å². The molecule has 22 heavy (non-hydrogen) atoms. The largest absolute Gasteiger partial charge is 0.351 e. The van der Waals surface area contributed by atoms with Crippen molar-refractivity contribution in [1.29, 1.82) is 0 Å². The molecule has 0 bridgehead atoms. The standard InChI is InChI=1S/C14H19N7O/c1-21(14-12-13(18-8-17-12)19-9-20-14)7-11(22)16-6-10-2-4-15-5-3-10/h2,8-9,15H,3-7H2,1H3,(H,16,22)(H,17,18,19,20). The second-order valence-corrected chi connectivity index (χ2v) is 5.25. The van der Waals surface area contributed by atoms with Gasteiger partial charge < -0.3 is 20.5 Å². The molecule has 8 heteroatoms. The minimum Gasteiger partial charge on any atom is -0.351 e. The maximum Gasteiger partial charge on any atom is 0.239 e. The summed E-state index contributed by atoms with van der Waals surface area (Å²) in [6, 6.07) is 0. The van der Waals surface area contributed by atoms with Crippen LogP contribution in [0, 0.1) is 0 Å². The lowest BCUT2D eigenvalue weighted by molar-refractivity contribution is -0.119. The smallest absolute Gasteiger partial charge is 0.239 e. The zero-order valence-electron chi connectivity index (χ0n) is 12.5. The van der Waals surface area contributed by atoms with Crippen molar-refractivity contribution in [1.82, 2.24) is 30.6 Å². The lowest BCUT2D eigenvalue weighted by Crippen LogP contribution is -2.37. The molecule has 0 saturated carbocycles. The summed E-state index contributed by atoms with van der Waals surface area (Å²) < 4.78 is 0. The van der Waals surface area contributed by atoms with E-state index < -0.39 is 0 Å². The lowest BCUT2D eigenvalue weighted by Gasteiger charge is -2.19. The van der Waals surface area contributed by atoms with Gasteiger partial charge in [0.1, 0.15) is 11.8 Å². The van der Waals surface area contributed by atoms with Gasteiger partial charge >= 0.3 is 0 Å². The molecule has 1 amide bonds. The minimum atomic E-state index is -0.0341. The Morgan fingerprint density at radius 2 is 2.32 bits per heavy atom. The number of fused-ring (bicyclic) bond motifs is 1. The predicted octanol–water partition coefficient (Wildman–Crippen LogP) is -0.175. The highest BCUT2D eigenvalue weighted by Crippen LogP contribution is 2.17. The Balaban J connectivity index is 1.59. The van der Waals surface area contributed by atoms with Crippen LogP contribution in [0.2, 0.25) is 0 Å². The Kier molecular flexibility index (Phi) is 4.29. The fraction of sp³-hybridized carbons (Fsp3) is 0.429. The Bertz CT molecular complexity index is 693. The van der Waals surface area contributed by atoms with E-state index in [9.17, 15) is 4.79 Å². The second-order valence-electron chi connectivity index (χ2n) is 5.25. The quantitative estimate of drug-likeness (QED) is 0.663. The van der Waals surface area contributed by atoms with Gasteiger partial charge in [0.2, 0.25) is 5.91 Å². The number of rotatable bonds is 5. The molecule has 0 atom stereocenters. The maximum absolute atomic E-state index is 12.1. The zero-order chi connectivity index (χ0) is 15.4. The Labute approximate surface area is 128 Å². The number of aromatic amines is 1. The van der Waals surface area contributed by atoms with Crippen molar-refractivity contribution in [2.45, 2.75) is 6.42 Å². The van der Waals surface area contributed by atoms with E-state index in [1.54, 1.807) is 11.2 Å². The fourth-order valence-electron chi connectivity index (χ4n) is 2.43. The van der Waals surface area contributed by atoms with Gasteiger partial charge in [0, 0.05) is 20.1 Å². The van der Waals surface area contributed by atoms with Crippen LogP contribution < -0.4 is 15.5 Å². The number of H-pyrrole nitrogens is 1. The molecule has 0 unspecified atom stereocenters. The van der Waals surface area contributed by atoms with Crippen LogP contribution in [0.5, 0.6) is 0 Å². The molecule has 0 aromatic carbocycles. The van der Waals surface area contributed by atoms with E-state index in [1.165, 1.54) is 11.9 Å². The maximum atomic E-state index is 12.1. The first-order valence-corrected chi connectivity index (χ1v) is 7.24. The summed E-state index contributed by atoms with van der Waals surface area (Å²) in [7, 11) is 1.83. The number of hydrogen-bond donors (Lipinski definition) is 3. The highest BCUT2D eigenvalue weighted by Gasteiger charge is 2.14. The van der Waals surface area contributed by atoms with E-state index in [4.69, 9.17) is 0 Å². The van der Waals surface area contributed by atoms with Gasteiger partial charge in [-0.2, -0.15) is 0 Å². The van der Waals surface area contributed by atoms with Gasteiger partial charge in [-0.05, 0) is 13.0 Å². The molecule has 8 nitrogen and oxygen atoms in total. The molecule has 0 fully saturated rings. The molecule has 2 aromatic rings. The molecule has 1 aliphatic heterocycles. The number of imidazole rings is 1. The topological polar surface area (TPSA) is 98.8 Å². The van der Waals surface area contributed by atoms with E-state index in [0.29, 0.717) is 18.0 Å². The summed E-state index contributed by atoms with van der Waals surface area (Å²) in [6.07, 6.45) is 6.13. The Morgan fingerprint density at radius 1 is 1.41 bits per heavy atom.